The van der Waals surface area contributed by atoms with Crippen LogP contribution in [0.5, 0.6) is 0 Å². The number of ether oxygens (including phenoxy) is 1. The fourth-order valence-electron chi connectivity index (χ4n) is 3.91. The second-order valence-electron chi connectivity index (χ2n) is 7.38. The summed E-state index contributed by atoms with van der Waals surface area (Å²) in [5, 5.41) is 0. The molecule has 2 aliphatic rings. The third-order valence-corrected chi connectivity index (χ3v) is 5.40. The SMILES string of the molecule is O=C(c1ccc(N2CCCC2)cc1)N(Cc1ccccn1)CC1CCCO1. The summed E-state index contributed by atoms with van der Waals surface area (Å²) in [6.45, 7) is 4.13. The van der Waals surface area contributed by atoms with Crippen molar-refractivity contribution in [1.82, 2.24) is 9.88 Å². The lowest BCUT2D eigenvalue weighted by molar-refractivity contribution is 0.0504. The first-order valence-electron chi connectivity index (χ1n) is 9.95. The second-order valence-corrected chi connectivity index (χ2v) is 7.38. The summed E-state index contributed by atoms with van der Waals surface area (Å²) in [4.78, 5) is 21.9. The van der Waals surface area contributed by atoms with Crippen molar-refractivity contribution in [1.29, 1.82) is 0 Å². The molecule has 27 heavy (non-hydrogen) atoms. The van der Waals surface area contributed by atoms with Crippen LogP contribution in [0.2, 0.25) is 0 Å². The van der Waals surface area contributed by atoms with Crippen molar-refractivity contribution >= 4 is 11.6 Å². The zero-order valence-corrected chi connectivity index (χ0v) is 15.7. The first-order valence-corrected chi connectivity index (χ1v) is 9.95. The van der Waals surface area contributed by atoms with Gasteiger partial charge in [0.05, 0.1) is 18.3 Å². The van der Waals surface area contributed by atoms with Gasteiger partial charge in [-0.25, -0.2) is 0 Å². The number of benzene rings is 1. The van der Waals surface area contributed by atoms with E-state index in [0.29, 0.717) is 13.1 Å². The van der Waals surface area contributed by atoms with Crippen LogP contribution in [0.1, 0.15) is 41.7 Å². The van der Waals surface area contributed by atoms with Gasteiger partial charge in [0.1, 0.15) is 0 Å². The zero-order valence-electron chi connectivity index (χ0n) is 15.7. The fourth-order valence-corrected chi connectivity index (χ4v) is 3.91. The highest BCUT2D eigenvalue weighted by atomic mass is 16.5. The number of nitrogens with zero attached hydrogens (tertiary/aromatic N) is 3. The number of rotatable bonds is 6. The molecule has 1 aromatic heterocycles. The van der Waals surface area contributed by atoms with E-state index in [4.69, 9.17) is 4.74 Å². The van der Waals surface area contributed by atoms with Crippen molar-refractivity contribution in [2.45, 2.75) is 38.3 Å². The van der Waals surface area contributed by atoms with Crippen molar-refractivity contribution in [3.05, 3.63) is 59.9 Å². The highest BCUT2D eigenvalue weighted by molar-refractivity contribution is 5.94. The smallest absolute Gasteiger partial charge is 0.254 e. The molecule has 0 aliphatic carbocycles. The van der Waals surface area contributed by atoms with E-state index in [1.165, 1.54) is 18.5 Å². The second kappa shape index (κ2) is 8.53. The topological polar surface area (TPSA) is 45.7 Å². The molecule has 0 N–H and O–H groups in total. The maximum Gasteiger partial charge on any atom is 0.254 e. The van der Waals surface area contributed by atoms with E-state index in [9.17, 15) is 4.79 Å². The molecule has 0 spiro atoms. The summed E-state index contributed by atoms with van der Waals surface area (Å²) in [6, 6.07) is 13.9. The molecule has 1 amide bonds. The van der Waals surface area contributed by atoms with Crippen LogP contribution in [0.4, 0.5) is 5.69 Å². The Morgan fingerprint density at radius 3 is 2.59 bits per heavy atom. The molecule has 5 heteroatoms. The lowest BCUT2D eigenvalue weighted by Gasteiger charge is -2.26. The van der Waals surface area contributed by atoms with Crippen LogP contribution < -0.4 is 4.90 Å². The Kier molecular flexibility index (Phi) is 5.68. The molecule has 2 aromatic rings. The number of carbonyl (C=O) groups excluding carboxylic acids is 1. The van der Waals surface area contributed by atoms with Gasteiger partial charge in [-0.2, -0.15) is 0 Å². The van der Waals surface area contributed by atoms with Crippen molar-refractivity contribution in [3.8, 4) is 0 Å². The van der Waals surface area contributed by atoms with Crippen molar-refractivity contribution in [3.63, 3.8) is 0 Å². The standard InChI is InChI=1S/C22H27N3O2/c26-22(18-8-10-20(11-9-18)24-13-3-4-14-24)25(17-21-7-5-15-27-21)16-19-6-1-2-12-23-19/h1-2,6,8-12,21H,3-5,7,13-17H2. The maximum atomic E-state index is 13.2. The molecule has 5 nitrogen and oxygen atoms in total. The predicted octanol–water partition coefficient (Wildman–Crippen LogP) is 3.50. The van der Waals surface area contributed by atoms with Gasteiger partial charge in [-0.3, -0.25) is 9.78 Å². The molecule has 0 radical (unpaired) electrons. The lowest BCUT2D eigenvalue weighted by atomic mass is 10.1. The van der Waals surface area contributed by atoms with Gasteiger partial charge in [0.15, 0.2) is 0 Å². The van der Waals surface area contributed by atoms with Crippen LogP contribution in [0.15, 0.2) is 48.7 Å². The van der Waals surface area contributed by atoms with Crippen molar-refractivity contribution < 1.29 is 9.53 Å². The minimum Gasteiger partial charge on any atom is -0.376 e. The van der Waals surface area contributed by atoms with Crippen LogP contribution in [-0.4, -0.2) is 48.1 Å². The molecule has 4 rings (SSSR count). The molecule has 0 saturated carbocycles. The summed E-state index contributed by atoms with van der Waals surface area (Å²) in [5.74, 6) is 0.0455. The molecule has 2 saturated heterocycles. The van der Waals surface area contributed by atoms with Crippen LogP contribution in [0.25, 0.3) is 0 Å². The average molecular weight is 365 g/mol. The average Bonchev–Trinajstić information content (AvgIpc) is 3.42. The van der Waals surface area contributed by atoms with Crippen molar-refractivity contribution in [2.24, 2.45) is 0 Å². The molecule has 0 bridgehead atoms. The third kappa shape index (κ3) is 4.48. The van der Waals surface area contributed by atoms with E-state index < -0.39 is 0 Å². The normalized spacial score (nSPS) is 19.4. The van der Waals surface area contributed by atoms with Crippen LogP contribution >= 0.6 is 0 Å². The van der Waals surface area contributed by atoms with Gasteiger partial charge in [-0.15, -0.1) is 0 Å². The van der Waals surface area contributed by atoms with Crippen molar-refractivity contribution in [2.75, 3.05) is 31.1 Å². The third-order valence-electron chi connectivity index (χ3n) is 5.40. The molecular formula is C22H27N3O2. The minimum absolute atomic E-state index is 0.0455. The number of aromatic nitrogens is 1. The Labute approximate surface area is 161 Å². The Balaban J connectivity index is 1.49. The Bertz CT molecular complexity index is 736. The van der Waals surface area contributed by atoms with E-state index in [-0.39, 0.29) is 12.0 Å². The summed E-state index contributed by atoms with van der Waals surface area (Å²) in [6.07, 6.45) is 6.48. The minimum atomic E-state index is 0.0455. The first kappa shape index (κ1) is 18.0. The van der Waals surface area contributed by atoms with Gasteiger partial charge in [-0.05, 0) is 62.1 Å². The Hall–Kier alpha value is -2.40. The number of pyridine rings is 1. The molecule has 1 unspecified atom stereocenters. The Morgan fingerprint density at radius 2 is 1.93 bits per heavy atom. The van der Waals surface area contributed by atoms with E-state index in [0.717, 1.165) is 43.8 Å². The number of anilines is 1. The van der Waals surface area contributed by atoms with Crippen LogP contribution in [0, 0.1) is 0 Å². The molecule has 1 aromatic carbocycles. The molecule has 3 heterocycles. The van der Waals surface area contributed by atoms with Gasteiger partial charge in [0.25, 0.3) is 5.91 Å². The molecule has 1 atom stereocenters. The van der Waals surface area contributed by atoms with E-state index in [1.54, 1.807) is 6.20 Å². The summed E-state index contributed by atoms with van der Waals surface area (Å²) in [5.41, 5.74) is 2.84. The Morgan fingerprint density at radius 1 is 1.11 bits per heavy atom. The highest BCUT2D eigenvalue weighted by Crippen LogP contribution is 2.22. The number of hydrogen-bond donors (Lipinski definition) is 0. The number of carbonyl (C=O) groups is 1. The van der Waals surface area contributed by atoms with Crippen LogP contribution in [-0.2, 0) is 11.3 Å². The predicted molar refractivity (Wildman–Crippen MR) is 106 cm³/mol. The van der Waals surface area contributed by atoms with Crippen LogP contribution in [0.3, 0.4) is 0 Å². The molecular weight excluding hydrogens is 338 g/mol. The monoisotopic (exact) mass is 365 g/mol. The van der Waals surface area contributed by atoms with Gasteiger partial charge in [0.2, 0.25) is 0 Å². The quantitative estimate of drug-likeness (QED) is 0.786. The summed E-state index contributed by atoms with van der Waals surface area (Å²) < 4.78 is 5.77. The fraction of sp³-hybridized carbons (Fsp3) is 0.455. The van der Waals surface area contributed by atoms with Gasteiger partial charge < -0.3 is 14.5 Å². The number of amides is 1. The summed E-state index contributed by atoms with van der Waals surface area (Å²) in [7, 11) is 0. The highest BCUT2D eigenvalue weighted by Gasteiger charge is 2.24. The van der Waals surface area contributed by atoms with Gasteiger partial charge in [0, 0.05) is 43.7 Å². The van der Waals surface area contributed by atoms with E-state index >= 15 is 0 Å². The molecule has 2 fully saturated rings. The molecule has 142 valence electrons. The van der Waals surface area contributed by atoms with Gasteiger partial charge >= 0.3 is 0 Å². The number of hydrogen-bond acceptors (Lipinski definition) is 4. The zero-order chi connectivity index (χ0) is 18.5. The first-order chi connectivity index (χ1) is 13.3. The largest absolute Gasteiger partial charge is 0.376 e. The molecule has 2 aliphatic heterocycles. The summed E-state index contributed by atoms with van der Waals surface area (Å²) >= 11 is 0. The lowest BCUT2D eigenvalue weighted by Crippen LogP contribution is -2.37. The van der Waals surface area contributed by atoms with E-state index in [1.807, 2.05) is 35.2 Å². The van der Waals surface area contributed by atoms with Gasteiger partial charge in [-0.1, -0.05) is 6.07 Å². The maximum absolute atomic E-state index is 13.2. The van der Waals surface area contributed by atoms with E-state index in [2.05, 4.69) is 22.0 Å².